The van der Waals surface area contributed by atoms with Crippen molar-refractivity contribution in [3.63, 3.8) is 0 Å². The molecule has 0 amide bonds. The van der Waals surface area contributed by atoms with Crippen LogP contribution >= 0.6 is 11.3 Å². The molecule has 0 radical (unpaired) electrons. The molecular weight excluding hydrogens is 292 g/mol. The van der Waals surface area contributed by atoms with Crippen molar-refractivity contribution in [3.8, 4) is 11.3 Å². The molecule has 0 spiro atoms. The molecule has 2 aromatic heterocycles. The largest absolute Gasteiger partial charge is 0.294 e. The molecule has 1 aliphatic rings. The third kappa shape index (κ3) is 2.10. The van der Waals surface area contributed by atoms with Crippen LogP contribution in [0, 0.1) is 6.92 Å². The van der Waals surface area contributed by atoms with Crippen molar-refractivity contribution >= 4 is 22.1 Å². The lowest BCUT2D eigenvalue weighted by Crippen LogP contribution is -2.02. The van der Waals surface area contributed by atoms with Crippen molar-refractivity contribution in [3.05, 3.63) is 46.1 Å². The van der Waals surface area contributed by atoms with Gasteiger partial charge in [0.15, 0.2) is 10.7 Å². The van der Waals surface area contributed by atoms with Gasteiger partial charge in [0, 0.05) is 24.4 Å². The number of benzene rings is 1. The molecule has 0 saturated heterocycles. The summed E-state index contributed by atoms with van der Waals surface area (Å²) in [7, 11) is 0. The Labute approximate surface area is 133 Å². The lowest BCUT2D eigenvalue weighted by atomic mass is 9.90. The zero-order valence-corrected chi connectivity index (χ0v) is 13.7. The molecule has 0 aliphatic heterocycles. The van der Waals surface area contributed by atoms with Gasteiger partial charge >= 0.3 is 0 Å². The Morgan fingerprint density at radius 1 is 1.23 bits per heavy atom. The maximum Gasteiger partial charge on any atom is 0.195 e. The van der Waals surface area contributed by atoms with E-state index < -0.39 is 0 Å². The van der Waals surface area contributed by atoms with Gasteiger partial charge in [-0.2, -0.15) is 0 Å². The second kappa shape index (κ2) is 5.06. The molecule has 0 unspecified atom stereocenters. The van der Waals surface area contributed by atoms with E-state index in [1.54, 1.807) is 6.92 Å². The van der Waals surface area contributed by atoms with Crippen LogP contribution in [0.15, 0.2) is 24.4 Å². The second-order valence-electron chi connectivity index (χ2n) is 6.04. The summed E-state index contributed by atoms with van der Waals surface area (Å²) in [5.41, 5.74) is 6.13. The molecule has 1 aromatic carbocycles. The number of aromatic nitrogens is 2. The molecule has 112 valence electrons. The van der Waals surface area contributed by atoms with Crippen LogP contribution in [0.4, 0.5) is 0 Å². The Balaban J connectivity index is 1.79. The first-order chi connectivity index (χ1) is 10.6. The molecule has 3 nitrogen and oxygen atoms in total. The number of ketones is 1. The van der Waals surface area contributed by atoms with Gasteiger partial charge in [-0.1, -0.05) is 23.5 Å². The maximum absolute atomic E-state index is 11.6. The van der Waals surface area contributed by atoms with Gasteiger partial charge in [-0.05, 0) is 49.8 Å². The normalized spacial score (nSPS) is 14.3. The van der Waals surface area contributed by atoms with E-state index in [0.29, 0.717) is 0 Å². The Morgan fingerprint density at radius 3 is 2.73 bits per heavy atom. The first-order valence-corrected chi connectivity index (χ1v) is 8.57. The van der Waals surface area contributed by atoms with E-state index in [1.165, 1.54) is 53.7 Å². The lowest BCUT2D eigenvalue weighted by Gasteiger charge is -2.15. The Bertz CT molecular complexity index is 888. The smallest absolute Gasteiger partial charge is 0.195 e. The number of aryl methyl sites for hydroxylation is 3. The lowest BCUT2D eigenvalue weighted by molar-refractivity contribution is 0.102. The summed E-state index contributed by atoms with van der Waals surface area (Å²) in [5.74, 6) is 0.114. The number of fused-ring (bicyclic) bond motifs is 2. The van der Waals surface area contributed by atoms with Gasteiger partial charge in [-0.25, -0.2) is 4.98 Å². The Morgan fingerprint density at radius 2 is 2.00 bits per heavy atom. The molecule has 0 fully saturated rings. The Kier molecular flexibility index (Phi) is 3.15. The maximum atomic E-state index is 11.6. The van der Waals surface area contributed by atoms with Crippen LogP contribution in [0.25, 0.3) is 16.2 Å². The van der Waals surface area contributed by atoms with Crippen LogP contribution in [0.2, 0.25) is 0 Å². The summed E-state index contributed by atoms with van der Waals surface area (Å²) >= 11 is 1.48. The third-order valence-corrected chi connectivity index (χ3v) is 5.78. The average Bonchev–Trinajstić information content (AvgIpc) is 3.07. The first kappa shape index (κ1) is 13.7. The molecule has 22 heavy (non-hydrogen) atoms. The van der Waals surface area contributed by atoms with Gasteiger partial charge in [0.05, 0.1) is 10.6 Å². The predicted molar refractivity (Wildman–Crippen MR) is 89.9 cm³/mol. The molecule has 1 aliphatic carbocycles. The highest BCUT2D eigenvalue weighted by Crippen LogP contribution is 2.30. The van der Waals surface area contributed by atoms with Crippen molar-refractivity contribution in [1.82, 2.24) is 9.38 Å². The zero-order valence-electron chi connectivity index (χ0n) is 12.8. The quantitative estimate of drug-likeness (QED) is 0.655. The fourth-order valence-electron chi connectivity index (χ4n) is 3.31. The number of rotatable bonds is 2. The number of nitrogens with zero attached hydrogens (tertiary/aromatic N) is 2. The van der Waals surface area contributed by atoms with E-state index in [-0.39, 0.29) is 5.78 Å². The van der Waals surface area contributed by atoms with Gasteiger partial charge in [0.25, 0.3) is 0 Å². The fraction of sp³-hybridized carbons (Fsp3) is 0.333. The van der Waals surface area contributed by atoms with Gasteiger partial charge in [-0.3, -0.25) is 9.20 Å². The van der Waals surface area contributed by atoms with E-state index in [1.807, 2.05) is 11.3 Å². The molecule has 0 atom stereocenters. The average molecular weight is 310 g/mol. The first-order valence-electron chi connectivity index (χ1n) is 7.75. The number of Topliss-reactive ketones (excluding diaryl/α,β-unsaturated/α-hetero) is 1. The summed E-state index contributed by atoms with van der Waals surface area (Å²) < 4.78 is 2.04. The van der Waals surface area contributed by atoms with Gasteiger partial charge in [0.2, 0.25) is 0 Å². The van der Waals surface area contributed by atoms with E-state index in [4.69, 9.17) is 4.98 Å². The van der Waals surface area contributed by atoms with Crippen molar-refractivity contribution < 1.29 is 4.79 Å². The number of imidazole rings is 1. The van der Waals surface area contributed by atoms with Gasteiger partial charge in [0.1, 0.15) is 0 Å². The number of hydrogen-bond acceptors (Lipinski definition) is 3. The van der Waals surface area contributed by atoms with E-state index in [2.05, 4.69) is 24.4 Å². The summed E-state index contributed by atoms with van der Waals surface area (Å²) in [6.07, 6.45) is 7.03. The summed E-state index contributed by atoms with van der Waals surface area (Å²) in [6.45, 7) is 3.60. The molecule has 0 bridgehead atoms. The number of thiazole rings is 1. The molecule has 0 saturated carbocycles. The van der Waals surface area contributed by atoms with Crippen molar-refractivity contribution in [2.24, 2.45) is 0 Å². The van der Waals surface area contributed by atoms with Crippen LogP contribution in [0.5, 0.6) is 0 Å². The highest BCUT2D eigenvalue weighted by molar-refractivity contribution is 7.19. The molecule has 2 heterocycles. The number of carbonyl (C=O) groups is 1. The van der Waals surface area contributed by atoms with Gasteiger partial charge in [-0.15, -0.1) is 0 Å². The van der Waals surface area contributed by atoms with Crippen LogP contribution < -0.4 is 0 Å². The summed E-state index contributed by atoms with van der Waals surface area (Å²) in [6, 6.07) is 6.73. The molecular formula is C18H18N2OS. The van der Waals surface area contributed by atoms with Crippen LogP contribution in [-0.4, -0.2) is 15.2 Å². The minimum absolute atomic E-state index is 0.114. The SMILES string of the molecule is CC(=O)c1sc2nc(-c3ccc4c(c3)CCCC4)cn2c1C. The molecule has 3 aromatic rings. The van der Waals surface area contributed by atoms with Crippen LogP contribution in [0.1, 0.15) is 46.3 Å². The van der Waals surface area contributed by atoms with Crippen molar-refractivity contribution in [1.29, 1.82) is 0 Å². The second-order valence-corrected chi connectivity index (χ2v) is 7.02. The van der Waals surface area contributed by atoms with Crippen molar-refractivity contribution in [2.75, 3.05) is 0 Å². The topological polar surface area (TPSA) is 34.4 Å². The number of hydrogen-bond donors (Lipinski definition) is 0. The monoisotopic (exact) mass is 310 g/mol. The van der Waals surface area contributed by atoms with Crippen LogP contribution in [-0.2, 0) is 12.8 Å². The Hall–Kier alpha value is -1.94. The van der Waals surface area contributed by atoms with Gasteiger partial charge < -0.3 is 0 Å². The minimum Gasteiger partial charge on any atom is -0.294 e. The predicted octanol–water partition coefficient (Wildman–Crippen LogP) is 4.45. The zero-order chi connectivity index (χ0) is 15.3. The fourth-order valence-corrected chi connectivity index (χ4v) is 4.31. The molecule has 0 N–H and O–H groups in total. The third-order valence-electron chi connectivity index (χ3n) is 4.52. The molecule has 4 rings (SSSR count). The van der Waals surface area contributed by atoms with Crippen molar-refractivity contribution in [2.45, 2.75) is 39.5 Å². The van der Waals surface area contributed by atoms with E-state index >= 15 is 0 Å². The standard InChI is InChI=1S/C18H18N2OS/c1-11-17(12(2)21)22-18-19-16(10-20(11)18)15-8-7-13-5-3-4-6-14(13)9-15/h7-10H,3-6H2,1-2H3. The summed E-state index contributed by atoms with van der Waals surface area (Å²) in [4.78, 5) is 18.0. The van der Waals surface area contributed by atoms with E-state index in [9.17, 15) is 4.79 Å². The molecule has 4 heteroatoms. The summed E-state index contributed by atoms with van der Waals surface area (Å²) in [5, 5.41) is 0. The number of carbonyl (C=O) groups excluding carboxylic acids is 1. The minimum atomic E-state index is 0.114. The highest BCUT2D eigenvalue weighted by atomic mass is 32.1. The van der Waals surface area contributed by atoms with Crippen LogP contribution in [0.3, 0.4) is 0 Å². The van der Waals surface area contributed by atoms with E-state index in [0.717, 1.165) is 21.2 Å². The highest BCUT2D eigenvalue weighted by Gasteiger charge is 2.16.